The Morgan fingerprint density at radius 2 is 1.88 bits per heavy atom. The van der Waals surface area contributed by atoms with Crippen molar-refractivity contribution in [2.45, 2.75) is 20.1 Å². The lowest BCUT2D eigenvalue weighted by atomic mass is 10.2. The van der Waals surface area contributed by atoms with Gasteiger partial charge in [0.1, 0.15) is 12.4 Å². The highest BCUT2D eigenvalue weighted by Crippen LogP contribution is 2.22. The van der Waals surface area contributed by atoms with Crippen LogP contribution in [0.15, 0.2) is 53.6 Å². The van der Waals surface area contributed by atoms with Crippen LogP contribution in [0.4, 0.5) is 5.69 Å². The lowest BCUT2D eigenvalue weighted by molar-refractivity contribution is -0.136. The number of carbonyl (C=O) groups is 1. The van der Waals surface area contributed by atoms with Gasteiger partial charge in [-0.3, -0.25) is 4.79 Å². The van der Waals surface area contributed by atoms with Crippen LogP contribution in [-0.2, 0) is 9.53 Å². The van der Waals surface area contributed by atoms with Crippen LogP contribution >= 0.6 is 0 Å². The van der Waals surface area contributed by atoms with E-state index in [1.165, 1.54) is 11.9 Å². The third-order valence-corrected chi connectivity index (χ3v) is 4.15. The Balaban J connectivity index is 1.73. The molecule has 3 rings (SSSR count). The Morgan fingerprint density at radius 3 is 2.50 bits per heavy atom. The molecule has 0 radical (unpaired) electrons. The number of para-hydroxylation sites is 1. The molecule has 0 aliphatic carbocycles. The summed E-state index contributed by atoms with van der Waals surface area (Å²) in [5, 5.41) is 5.66. The van der Waals surface area contributed by atoms with Crippen LogP contribution in [-0.4, -0.2) is 43.7 Å². The molecule has 1 unspecified atom stereocenters. The molecule has 0 N–H and O–H groups in total. The van der Waals surface area contributed by atoms with Crippen LogP contribution in [0.25, 0.3) is 0 Å². The van der Waals surface area contributed by atoms with Gasteiger partial charge in [0.2, 0.25) is 18.0 Å². The van der Waals surface area contributed by atoms with Crippen molar-refractivity contribution >= 4 is 17.5 Å². The Hall–Kier alpha value is -3.02. The van der Waals surface area contributed by atoms with Gasteiger partial charge in [0.25, 0.3) is 0 Å². The van der Waals surface area contributed by atoms with Crippen LogP contribution in [0.3, 0.4) is 0 Å². The lowest BCUT2D eigenvalue weighted by Crippen LogP contribution is -2.36. The molecule has 0 saturated carbocycles. The first-order valence-corrected chi connectivity index (χ1v) is 8.47. The maximum Gasteiger partial charge on any atom is 0.243 e. The van der Waals surface area contributed by atoms with Gasteiger partial charge in [0.15, 0.2) is 0 Å². The first-order chi connectivity index (χ1) is 12.5. The van der Waals surface area contributed by atoms with Gasteiger partial charge in [-0.05, 0) is 42.8 Å². The number of rotatable bonds is 5. The van der Waals surface area contributed by atoms with Crippen molar-refractivity contribution in [3.8, 4) is 5.75 Å². The van der Waals surface area contributed by atoms with Crippen molar-refractivity contribution in [3.63, 3.8) is 0 Å². The van der Waals surface area contributed by atoms with Gasteiger partial charge in [-0.2, -0.15) is 5.01 Å². The lowest BCUT2D eigenvalue weighted by Gasteiger charge is -2.20. The summed E-state index contributed by atoms with van der Waals surface area (Å²) >= 11 is 0. The van der Waals surface area contributed by atoms with E-state index in [-0.39, 0.29) is 12.5 Å². The zero-order valence-electron chi connectivity index (χ0n) is 15.5. The smallest absolute Gasteiger partial charge is 0.243 e. The van der Waals surface area contributed by atoms with Crippen LogP contribution < -0.4 is 9.64 Å². The van der Waals surface area contributed by atoms with Crippen molar-refractivity contribution in [3.05, 3.63) is 59.7 Å². The van der Waals surface area contributed by atoms with Gasteiger partial charge < -0.3 is 14.4 Å². The van der Waals surface area contributed by atoms with Gasteiger partial charge >= 0.3 is 0 Å². The summed E-state index contributed by atoms with van der Waals surface area (Å²) in [6.07, 6.45) is -0.587. The minimum atomic E-state index is -0.587. The molecule has 0 bridgehead atoms. The second-order valence-electron chi connectivity index (χ2n) is 6.36. The molecule has 1 atom stereocenters. The maximum atomic E-state index is 11.9. The van der Waals surface area contributed by atoms with Crippen LogP contribution in [0.1, 0.15) is 18.1 Å². The molecule has 1 amide bonds. The van der Waals surface area contributed by atoms with Gasteiger partial charge in [-0.25, -0.2) is 0 Å². The third-order valence-electron chi connectivity index (χ3n) is 4.15. The Bertz CT molecular complexity index is 815. The average molecular weight is 353 g/mol. The van der Waals surface area contributed by atoms with Gasteiger partial charge in [-0.15, -0.1) is 5.10 Å². The molecule has 6 heteroatoms. The molecule has 6 nitrogen and oxygen atoms in total. The molecule has 0 aromatic heterocycles. The number of hydrazone groups is 1. The summed E-state index contributed by atoms with van der Waals surface area (Å²) in [7, 11) is 3.96. The van der Waals surface area contributed by atoms with E-state index in [1.54, 1.807) is 0 Å². The quantitative estimate of drug-likeness (QED) is 0.829. The summed E-state index contributed by atoms with van der Waals surface area (Å²) in [5.41, 5.74) is 2.93. The molecule has 0 spiro atoms. The van der Waals surface area contributed by atoms with Gasteiger partial charge in [0, 0.05) is 32.3 Å². The Labute approximate surface area is 153 Å². The highest BCUT2D eigenvalue weighted by atomic mass is 16.6. The van der Waals surface area contributed by atoms with Gasteiger partial charge in [0.05, 0.1) is 0 Å². The number of carbonyl (C=O) groups excluding carboxylic acids is 1. The molecule has 1 heterocycles. The second-order valence-corrected chi connectivity index (χ2v) is 6.36. The number of ether oxygens (including phenoxy) is 2. The van der Waals surface area contributed by atoms with Crippen molar-refractivity contribution in [1.29, 1.82) is 0 Å². The number of hydrogen-bond acceptors (Lipinski definition) is 5. The SMILES string of the molecule is CC(=O)N1N=C(c2ccc(N(C)C)cc2)OC1COc1ccccc1C. The number of hydrogen-bond donors (Lipinski definition) is 0. The van der Waals surface area contributed by atoms with Crippen LogP contribution in [0, 0.1) is 6.92 Å². The minimum absolute atomic E-state index is 0.191. The van der Waals surface area contributed by atoms with Crippen molar-refractivity contribution < 1.29 is 14.3 Å². The molecule has 1 aliphatic heterocycles. The van der Waals surface area contributed by atoms with E-state index in [0.29, 0.717) is 5.90 Å². The molecule has 0 fully saturated rings. The summed E-state index contributed by atoms with van der Waals surface area (Å²) in [6.45, 7) is 3.64. The third kappa shape index (κ3) is 3.79. The molecule has 2 aromatic carbocycles. The van der Waals surface area contributed by atoms with E-state index in [4.69, 9.17) is 9.47 Å². The fourth-order valence-electron chi connectivity index (χ4n) is 2.65. The number of nitrogens with zero attached hydrogens (tertiary/aromatic N) is 3. The standard InChI is InChI=1S/C20H23N3O3/c1-14-7-5-6-8-18(14)25-13-19-23(15(2)24)21-20(26-19)16-9-11-17(12-10-16)22(3)4/h5-12,19H,13H2,1-4H3. The molecule has 26 heavy (non-hydrogen) atoms. The fraction of sp³-hybridized carbons (Fsp3) is 0.300. The predicted octanol–water partition coefficient (Wildman–Crippen LogP) is 3.01. The topological polar surface area (TPSA) is 54.4 Å². The summed E-state index contributed by atoms with van der Waals surface area (Å²) in [4.78, 5) is 13.9. The van der Waals surface area contributed by atoms with Crippen molar-refractivity contribution in [2.75, 3.05) is 25.6 Å². The fourth-order valence-corrected chi connectivity index (χ4v) is 2.65. The highest BCUT2D eigenvalue weighted by Gasteiger charge is 2.32. The van der Waals surface area contributed by atoms with Crippen molar-refractivity contribution in [1.82, 2.24) is 5.01 Å². The number of benzene rings is 2. The van der Waals surface area contributed by atoms with E-state index >= 15 is 0 Å². The van der Waals surface area contributed by atoms with E-state index in [1.807, 2.05) is 74.4 Å². The first kappa shape index (κ1) is 17.8. The van der Waals surface area contributed by atoms with Crippen LogP contribution in [0.5, 0.6) is 5.75 Å². The van der Waals surface area contributed by atoms with Crippen molar-refractivity contribution in [2.24, 2.45) is 5.10 Å². The predicted molar refractivity (Wildman–Crippen MR) is 101 cm³/mol. The van der Waals surface area contributed by atoms with E-state index in [9.17, 15) is 4.79 Å². The number of amides is 1. The highest BCUT2D eigenvalue weighted by molar-refractivity contribution is 5.96. The Morgan fingerprint density at radius 1 is 1.19 bits per heavy atom. The first-order valence-electron chi connectivity index (χ1n) is 8.47. The largest absolute Gasteiger partial charge is 0.487 e. The molecule has 1 aliphatic rings. The Kier molecular flexibility index (Phi) is 5.11. The average Bonchev–Trinajstić information content (AvgIpc) is 3.06. The summed E-state index contributed by atoms with van der Waals surface area (Å²) in [6, 6.07) is 15.6. The zero-order chi connectivity index (χ0) is 18.7. The van der Waals surface area contributed by atoms with E-state index in [0.717, 1.165) is 22.6 Å². The van der Waals surface area contributed by atoms with E-state index < -0.39 is 6.23 Å². The summed E-state index contributed by atoms with van der Waals surface area (Å²) < 4.78 is 11.7. The normalized spacial score (nSPS) is 16.1. The van der Waals surface area contributed by atoms with Gasteiger partial charge in [-0.1, -0.05) is 18.2 Å². The molecule has 136 valence electrons. The molecule has 2 aromatic rings. The molecular formula is C20H23N3O3. The zero-order valence-corrected chi connectivity index (χ0v) is 15.5. The maximum absolute atomic E-state index is 11.9. The monoisotopic (exact) mass is 353 g/mol. The number of aryl methyl sites for hydroxylation is 1. The number of anilines is 1. The summed E-state index contributed by atoms with van der Waals surface area (Å²) in [5.74, 6) is 0.996. The molecular weight excluding hydrogens is 330 g/mol. The van der Waals surface area contributed by atoms with Crippen LogP contribution in [0.2, 0.25) is 0 Å². The van der Waals surface area contributed by atoms with E-state index in [2.05, 4.69) is 5.10 Å². The molecule has 0 saturated heterocycles. The second kappa shape index (κ2) is 7.47. The minimum Gasteiger partial charge on any atom is -0.487 e.